The maximum Gasteiger partial charge on any atom is 0.422 e. The predicted octanol–water partition coefficient (Wildman–Crippen LogP) is 3.48. The standard InChI is InChI=1S/C17H20F3N3O2/c1-2-21-16(23-11-14-7-5-9-24-14)22-10-13-6-3-4-8-15(13)25-12-17(18,19)20/h3-9H,2,10-12H2,1H3,(H2,21,22,23). The summed E-state index contributed by atoms with van der Waals surface area (Å²) < 4.78 is 47.1. The first-order chi connectivity index (χ1) is 12.0. The smallest absolute Gasteiger partial charge is 0.422 e. The molecule has 2 N–H and O–H groups in total. The molecule has 2 aromatic rings. The van der Waals surface area contributed by atoms with Gasteiger partial charge in [-0.05, 0) is 25.1 Å². The summed E-state index contributed by atoms with van der Waals surface area (Å²) in [6.45, 7) is 1.87. The fourth-order valence-corrected chi connectivity index (χ4v) is 2.02. The Kier molecular flexibility index (Phi) is 6.73. The molecule has 2 rings (SSSR count). The summed E-state index contributed by atoms with van der Waals surface area (Å²) in [7, 11) is 0. The molecule has 0 atom stereocenters. The molecule has 1 heterocycles. The van der Waals surface area contributed by atoms with Crippen molar-refractivity contribution in [1.82, 2.24) is 10.6 Å². The van der Waals surface area contributed by atoms with Crippen molar-refractivity contribution in [2.24, 2.45) is 4.99 Å². The molecule has 0 saturated carbocycles. The van der Waals surface area contributed by atoms with Crippen molar-refractivity contribution in [2.45, 2.75) is 26.2 Å². The first-order valence-corrected chi connectivity index (χ1v) is 7.80. The minimum absolute atomic E-state index is 0.172. The van der Waals surface area contributed by atoms with Crippen molar-refractivity contribution in [3.05, 3.63) is 54.0 Å². The first kappa shape index (κ1) is 18.7. The predicted molar refractivity (Wildman–Crippen MR) is 88.4 cm³/mol. The number of nitrogens with zero attached hydrogens (tertiary/aromatic N) is 1. The number of hydrogen-bond donors (Lipinski definition) is 2. The molecule has 0 aliphatic rings. The second-order valence-electron chi connectivity index (χ2n) is 5.14. The maximum absolute atomic E-state index is 12.3. The van der Waals surface area contributed by atoms with Crippen molar-refractivity contribution in [3.63, 3.8) is 0 Å². The van der Waals surface area contributed by atoms with E-state index >= 15 is 0 Å². The molecule has 0 fully saturated rings. The zero-order valence-corrected chi connectivity index (χ0v) is 13.8. The molecule has 1 aromatic heterocycles. The summed E-state index contributed by atoms with van der Waals surface area (Å²) in [6, 6.07) is 10.2. The van der Waals surface area contributed by atoms with Gasteiger partial charge >= 0.3 is 6.18 Å². The second kappa shape index (κ2) is 9.00. The number of benzene rings is 1. The number of guanidine groups is 1. The minimum Gasteiger partial charge on any atom is -0.484 e. The maximum atomic E-state index is 12.3. The lowest BCUT2D eigenvalue weighted by molar-refractivity contribution is -0.153. The van der Waals surface area contributed by atoms with Gasteiger partial charge in [-0.1, -0.05) is 18.2 Å². The van der Waals surface area contributed by atoms with Gasteiger partial charge in [0.25, 0.3) is 0 Å². The van der Waals surface area contributed by atoms with Crippen LogP contribution in [0.3, 0.4) is 0 Å². The third kappa shape index (κ3) is 6.78. The van der Waals surface area contributed by atoms with E-state index in [4.69, 9.17) is 9.15 Å². The first-order valence-electron chi connectivity index (χ1n) is 7.80. The molecule has 136 valence electrons. The number of hydrogen-bond acceptors (Lipinski definition) is 3. The number of ether oxygens (including phenoxy) is 1. The van der Waals surface area contributed by atoms with Crippen molar-refractivity contribution < 1.29 is 22.3 Å². The molecular formula is C17H20F3N3O2. The highest BCUT2D eigenvalue weighted by Gasteiger charge is 2.28. The number of para-hydroxylation sites is 1. The van der Waals surface area contributed by atoms with Crippen molar-refractivity contribution in [1.29, 1.82) is 0 Å². The molecule has 1 aromatic carbocycles. The van der Waals surface area contributed by atoms with Crippen LogP contribution in [-0.4, -0.2) is 25.3 Å². The fourth-order valence-electron chi connectivity index (χ4n) is 2.02. The largest absolute Gasteiger partial charge is 0.484 e. The van der Waals surface area contributed by atoms with Gasteiger partial charge < -0.3 is 19.8 Å². The van der Waals surface area contributed by atoms with E-state index in [-0.39, 0.29) is 12.3 Å². The average Bonchev–Trinajstić information content (AvgIpc) is 3.09. The van der Waals surface area contributed by atoms with E-state index in [9.17, 15) is 13.2 Å². The Morgan fingerprint density at radius 3 is 2.64 bits per heavy atom. The number of rotatable bonds is 7. The normalized spacial score (nSPS) is 12.1. The van der Waals surface area contributed by atoms with E-state index in [0.29, 0.717) is 24.6 Å². The molecule has 0 aliphatic carbocycles. The summed E-state index contributed by atoms with van der Waals surface area (Å²) in [6.07, 6.45) is -2.80. The van der Waals surface area contributed by atoms with Crippen LogP contribution in [0.4, 0.5) is 13.2 Å². The SMILES string of the molecule is CCNC(=NCc1ccccc1OCC(F)(F)F)NCc1ccco1. The van der Waals surface area contributed by atoms with Gasteiger partial charge in [0.2, 0.25) is 0 Å². The Labute approximate surface area is 143 Å². The van der Waals surface area contributed by atoms with Gasteiger partial charge in [0.05, 0.1) is 19.4 Å². The lowest BCUT2D eigenvalue weighted by Crippen LogP contribution is -2.36. The van der Waals surface area contributed by atoms with Crippen LogP contribution in [0.15, 0.2) is 52.1 Å². The van der Waals surface area contributed by atoms with E-state index in [1.54, 1.807) is 30.5 Å². The highest BCUT2D eigenvalue weighted by molar-refractivity contribution is 5.79. The Balaban J connectivity index is 2.01. The van der Waals surface area contributed by atoms with Crippen LogP contribution in [0.1, 0.15) is 18.2 Å². The number of alkyl halides is 3. The van der Waals surface area contributed by atoms with Gasteiger partial charge in [0.1, 0.15) is 11.5 Å². The van der Waals surface area contributed by atoms with Gasteiger partial charge in [-0.15, -0.1) is 0 Å². The summed E-state index contributed by atoms with van der Waals surface area (Å²) in [5.41, 5.74) is 0.571. The number of halogens is 3. The Morgan fingerprint density at radius 1 is 1.16 bits per heavy atom. The van der Waals surface area contributed by atoms with Gasteiger partial charge in [0, 0.05) is 12.1 Å². The molecule has 0 aliphatic heterocycles. The summed E-state index contributed by atoms with van der Waals surface area (Å²) in [4.78, 5) is 4.38. The van der Waals surface area contributed by atoms with Crippen molar-refractivity contribution in [2.75, 3.05) is 13.2 Å². The summed E-state index contributed by atoms with van der Waals surface area (Å²) in [5, 5.41) is 6.16. The fraction of sp³-hybridized carbons (Fsp3) is 0.353. The van der Waals surface area contributed by atoms with Crippen LogP contribution in [0.5, 0.6) is 5.75 Å². The van der Waals surface area contributed by atoms with Gasteiger partial charge in [0.15, 0.2) is 12.6 Å². The molecule has 0 bridgehead atoms. The third-order valence-corrected chi connectivity index (χ3v) is 3.13. The Hall–Kier alpha value is -2.64. The quantitative estimate of drug-likeness (QED) is 0.590. The minimum atomic E-state index is -4.38. The van der Waals surface area contributed by atoms with E-state index in [1.165, 1.54) is 6.07 Å². The van der Waals surface area contributed by atoms with E-state index < -0.39 is 12.8 Å². The molecule has 0 saturated heterocycles. The van der Waals surface area contributed by atoms with Crippen LogP contribution in [0.25, 0.3) is 0 Å². The van der Waals surface area contributed by atoms with Gasteiger partial charge in [-0.3, -0.25) is 0 Å². The summed E-state index contributed by atoms with van der Waals surface area (Å²) >= 11 is 0. The highest BCUT2D eigenvalue weighted by Crippen LogP contribution is 2.22. The molecule has 25 heavy (non-hydrogen) atoms. The van der Waals surface area contributed by atoms with E-state index in [0.717, 1.165) is 5.76 Å². The number of nitrogens with one attached hydrogen (secondary N) is 2. The third-order valence-electron chi connectivity index (χ3n) is 3.13. The molecule has 0 unspecified atom stereocenters. The van der Waals surface area contributed by atoms with Crippen LogP contribution >= 0.6 is 0 Å². The Bertz CT molecular complexity index is 670. The van der Waals surface area contributed by atoms with Crippen LogP contribution in [0, 0.1) is 0 Å². The van der Waals surface area contributed by atoms with Crippen LogP contribution in [-0.2, 0) is 13.1 Å². The van der Waals surface area contributed by atoms with E-state index in [2.05, 4.69) is 15.6 Å². The van der Waals surface area contributed by atoms with Crippen molar-refractivity contribution >= 4 is 5.96 Å². The van der Waals surface area contributed by atoms with Gasteiger partial charge in [-0.25, -0.2) is 4.99 Å². The topological polar surface area (TPSA) is 58.8 Å². The molecule has 8 heteroatoms. The zero-order valence-electron chi connectivity index (χ0n) is 13.8. The monoisotopic (exact) mass is 355 g/mol. The van der Waals surface area contributed by atoms with Crippen LogP contribution < -0.4 is 15.4 Å². The highest BCUT2D eigenvalue weighted by atomic mass is 19.4. The molecule has 0 amide bonds. The number of furan rings is 1. The number of aliphatic imine (C=N–C) groups is 1. The molecular weight excluding hydrogens is 335 g/mol. The lowest BCUT2D eigenvalue weighted by atomic mass is 10.2. The lowest BCUT2D eigenvalue weighted by Gasteiger charge is -2.13. The molecule has 5 nitrogen and oxygen atoms in total. The van der Waals surface area contributed by atoms with Gasteiger partial charge in [-0.2, -0.15) is 13.2 Å². The van der Waals surface area contributed by atoms with Crippen LogP contribution in [0.2, 0.25) is 0 Å². The average molecular weight is 355 g/mol. The van der Waals surface area contributed by atoms with E-state index in [1.807, 2.05) is 13.0 Å². The summed E-state index contributed by atoms with van der Waals surface area (Å²) in [5.74, 6) is 1.45. The molecule has 0 radical (unpaired) electrons. The van der Waals surface area contributed by atoms with Crippen molar-refractivity contribution in [3.8, 4) is 5.75 Å². The zero-order chi connectivity index (χ0) is 18.1. The molecule has 0 spiro atoms. The Morgan fingerprint density at radius 2 is 1.96 bits per heavy atom. The second-order valence-corrected chi connectivity index (χ2v) is 5.14.